The first-order chi connectivity index (χ1) is 6.56. The van der Waals surface area contributed by atoms with Crippen LogP contribution in [0.2, 0.25) is 0 Å². The first-order valence-corrected chi connectivity index (χ1v) is 6.44. The first kappa shape index (κ1) is 11.7. The lowest BCUT2D eigenvalue weighted by atomic mass is 9.99. The number of nitrogens with zero attached hydrogens (tertiary/aromatic N) is 1. The van der Waals surface area contributed by atoms with Gasteiger partial charge in [-0.25, -0.2) is 0 Å². The number of hydrogen-bond acceptors (Lipinski definition) is 3. The summed E-state index contributed by atoms with van der Waals surface area (Å²) >= 11 is 0. The highest BCUT2D eigenvalue weighted by Gasteiger charge is 2.29. The number of hydrogen-bond donors (Lipinski definition) is 1. The second-order valence-electron chi connectivity index (χ2n) is 3.79. The molecule has 1 saturated heterocycles. The highest BCUT2D eigenvalue weighted by molar-refractivity contribution is 7.85. The van der Waals surface area contributed by atoms with Crippen molar-refractivity contribution in [2.45, 2.75) is 26.3 Å². The molecular weight excluding hydrogens is 200 g/mol. The van der Waals surface area contributed by atoms with Crippen molar-refractivity contribution in [1.29, 1.82) is 0 Å². The molecule has 0 saturated carbocycles. The monoisotopic (exact) mass is 218 g/mol. The van der Waals surface area contributed by atoms with Gasteiger partial charge in [0.2, 0.25) is 5.91 Å². The average molecular weight is 218 g/mol. The molecule has 82 valence electrons. The third-order valence-electron chi connectivity index (χ3n) is 2.74. The van der Waals surface area contributed by atoms with Crippen molar-refractivity contribution in [3.63, 3.8) is 0 Å². The zero-order chi connectivity index (χ0) is 10.7. The number of amides is 1. The quantitative estimate of drug-likeness (QED) is 0.720. The van der Waals surface area contributed by atoms with Crippen LogP contribution in [0, 0.1) is 5.92 Å². The van der Waals surface area contributed by atoms with Crippen LogP contribution in [0.5, 0.6) is 0 Å². The second-order valence-corrected chi connectivity index (χ2v) is 5.33. The van der Waals surface area contributed by atoms with E-state index in [2.05, 4.69) is 0 Å². The molecule has 2 N–H and O–H groups in total. The summed E-state index contributed by atoms with van der Waals surface area (Å²) in [7, 11) is -0.856. The van der Waals surface area contributed by atoms with Crippen LogP contribution in [0.4, 0.5) is 0 Å². The van der Waals surface area contributed by atoms with Gasteiger partial charge in [0.15, 0.2) is 0 Å². The zero-order valence-corrected chi connectivity index (χ0v) is 9.55. The minimum atomic E-state index is -0.856. The maximum Gasteiger partial charge on any atom is 0.240 e. The normalized spacial score (nSPS) is 26.2. The fourth-order valence-electron chi connectivity index (χ4n) is 1.40. The standard InChI is InChI=1S/C9H18N2O2S/c1-3-7(2)8(10)9(12)11-4-5-14(13)6-11/h7-8H,3-6,10H2,1-2H3. The van der Waals surface area contributed by atoms with E-state index in [4.69, 9.17) is 5.73 Å². The SMILES string of the molecule is CCC(C)C(N)C(=O)N1CCS(=O)C1. The second kappa shape index (κ2) is 4.89. The summed E-state index contributed by atoms with van der Waals surface area (Å²) in [6.07, 6.45) is 0.893. The molecule has 1 aliphatic heterocycles. The van der Waals surface area contributed by atoms with E-state index in [1.54, 1.807) is 4.90 Å². The molecular formula is C9H18N2O2S. The van der Waals surface area contributed by atoms with Gasteiger partial charge < -0.3 is 10.6 Å². The Balaban J connectivity index is 2.52. The Labute approximate surface area is 87.3 Å². The molecule has 1 heterocycles. The number of carbonyl (C=O) groups excluding carboxylic acids is 1. The van der Waals surface area contributed by atoms with Crippen LogP contribution >= 0.6 is 0 Å². The van der Waals surface area contributed by atoms with Crippen molar-refractivity contribution < 1.29 is 9.00 Å². The Hall–Kier alpha value is -0.420. The van der Waals surface area contributed by atoms with Crippen molar-refractivity contribution in [3.05, 3.63) is 0 Å². The summed E-state index contributed by atoms with van der Waals surface area (Å²) < 4.78 is 11.1. The van der Waals surface area contributed by atoms with E-state index in [0.717, 1.165) is 6.42 Å². The molecule has 0 bridgehead atoms. The molecule has 3 unspecified atom stereocenters. The molecule has 0 spiro atoms. The molecule has 1 aliphatic rings. The molecule has 5 heteroatoms. The van der Waals surface area contributed by atoms with Crippen LogP contribution in [0.1, 0.15) is 20.3 Å². The van der Waals surface area contributed by atoms with Crippen LogP contribution < -0.4 is 5.73 Å². The zero-order valence-electron chi connectivity index (χ0n) is 8.73. The first-order valence-electron chi connectivity index (χ1n) is 4.95. The van der Waals surface area contributed by atoms with E-state index in [1.165, 1.54) is 0 Å². The van der Waals surface area contributed by atoms with Crippen LogP contribution in [-0.2, 0) is 15.6 Å². The number of rotatable bonds is 3. The maximum atomic E-state index is 11.8. The summed E-state index contributed by atoms with van der Waals surface area (Å²) in [6, 6.07) is -0.435. The molecule has 3 atom stereocenters. The van der Waals surface area contributed by atoms with Crippen molar-refractivity contribution in [2.75, 3.05) is 18.2 Å². The van der Waals surface area contributed by atoms with Crippen molar-refractivity contribution in [2.24, 2.45) is 11.7 Å². The largest absolute Gasteiger partial charge is 0.329 e. The molecule has 1 rings (SSSR count). The molecule has 0 aromatic carbocycles. The molecule has 1 amide bonds. The van der Waals surface area contributed by atoms with Gasteiger partial charge in [0, 0.05) is 23.1 Å². The van der Waals surface area contributed by atoms with Gasteiger partial charge in [-0.15, -0.1) is 0 Å². The van der Waals surface area contributed by atoms with Gasteiger partial charge in [-0.3, -0.25) is 9.00 Å². The van der Waals surface area contributed by atoms with Crippen molar-refractivity contribution in [1.82, 2.24) is 4.90 Å². The highest BCUT2D eigenvalue weighted by Crippen LogP contribution is 2.11. The predicted molar refractivity (Wildman–Crippen MR) is 57.0 cm³/mol. The maximum absolute atomic E-state index is 11.8. The predicted octanol–water partition coefficient (Wildman–Crippen LogP) is -0.0918. The Kier molecular flexibility index (Phi) is 4.07. The minimum absolute atomic E-state index is 0.0507. The van der Waals surface area contributed by atoms with Gasteiger partial charge in [-0.1, -0.05) is 20.3 Å². The van der Waals surface area contributed by atoms with Gasteiger partial charge in [0.05, 0.1) is 11.9 Å². The Morgan fingerprint density at radius 2 is 2.29 bits per heavy atom. The van der Waals surface area contributed by atoms with E-state index in [1.807, 2.05) is 13.8 Å². The van der Waals surface area contributed by atoms with Crippen molar-refractivity contribution >= 4 is 16.7 Å². The van der Waals surface area contributed by atoms with Gasteiger partial charge >= 0.3 is 0 Å². The van der Waals surface area contributed by atoms with E-state index in [0.29, 0.717) is 18.2 Å². The fraction of sp³-hybridized carbons (Fsp3) is 0.889. The average Bonchev–Trinajstić information content (AvgIpc) is 2.61. The minimum Gasteiger partial charge on any atom is -0.329 e. The molecule has 0 radical (unpaired) electrons. The third-order valence-corrected chi connectivity index (χ3v) is 3.98. The Morgan fingerprint density at radius 3 is 2.71 bits per heavy atom. The van der Waals surface area contributed by atoms with Gasteiger partial charge in [0.25, 0.3) is 0 Å². The van der Waals surface area contributed by atoms with E-state index in [-0.39, 0.29) is 11.8 Å². The Morgan fingerprint density at radius 1 is 1.64 bits per heavy atom. The highest BCUT2D eigenvalue weighted by atomic mass is 32.2. The van der Waals surface area contributed by atoms with Crippen LogP contribution in [0.3, 0.4) is 0 Å². The topological polar surface area (TPSA) is 63.4 Å². The summed E-state index contributed by atoms with van der Waals surface area (Å²) in [6.45, 7) is 4.57. The third kappa shape index (κ3) is 2.54. The number of nitrogens with two attached hydrogens (primary N) is 1. The van der Waals surface area contributed by atoms with Gasteiger partial charge in [0.1, 0.15) is 0 Å². The van der Waals surface area contributed by atoms with E-state index < -0.39 is 16.8 Å². The summed E-state index contributed by atoms with van der Waals surface area (Å²) in [5.74, 6) is 1.10. The summed E-state index contributed by atoms with van der Waals surface area (Å²) in [4.78, 5) is 13.4. The van der Waals surface area contributed by atoms with Crippen LogP contribution in [0.25, 0.3) is 0 Å². The molecule has 4 nitrogen and oxygen atoms in total. The summed E-state index contributed by atoms with van der Waals surface area (Å²) in [5.41, 5.74) is 5.81. The smallest absolute Gasteiger partial charge is 0.240 e. The van der Waals surface area contributed by atoms with Crippen molar-refractivity contribution in [3.8, 4) is 0 Å². The lowest BCUT2D eigenvalue weighted by Crippen LogP contribution is -2.46. The lowest BCUT2D eigenvalue weighted by Gasteiger charge is -2.23. The van der Waals surface area contributed by atoms with Crippen LogP contribution in [0.15, 0.2) is 0 Å². The summed E-state index contributed by atoms with van der Waals surface area (Å²) in [5, 5.41) is 0. The van der Waals surface area contributed by atoms with Gasteiger partial charge in [-0.2, -0.15) is 0 Å². The molecule has 14 heavy (non-hydrogen) atoms. The van der Waals surface area contributed by atoms with Crippen LogP contribution in [-0.4, -0.2) is 39.2 Å². The molecule has 0 aromatic heterocycles. The Bertz CT molecular complexity index is 245. The fourth-order valence-corrected chi connectivity index (χ4v) is 2.55. The molecule has 0 aromatic rings. The number of carbonyl (C=O) groups is 1. The van der Waals surface area contributed by atoms with E-state index >= 15 is 0 Å². The molecule has 1 fully saturated rings. The van der Waals surface area contributed by atoms with Gasteiger partial charge in [-0.05, 0) is 5.92 Å². The lowest BCUT2D eigenvalue weighted by molar-refractivity contribution is -0.132. The molecule has 0 aliphatic carbocycles. The van der Waals surface area contributed by atoms with E-state index in [9.17, 15) is 9.00 Å².